The molecule has 2 aromatic rings. The van der Waals surface area contributed by atoms with E-state index in [1.165, 1.54) is 25.7 Å². The predicted molar refractivity (Wildman–Crippen MR) is 113 cm³/mol. The summed E-state index contributed by atoms with van der Waals surface area (Å²) in [6.45, 7) is 9.71. The van der Waals surface area contributed by atoms with Crippen LogP contribution in [-0.4, -0.2) is 33.8 Å². The van der Waals surface area contributed by atoms with Gasteiger partial charge in [-0.25, -0.2) is 4.99 Å². The third-order valence-electron chi connectivity index (χ3n) is 4.63. The highest BCUT2D eigenvalue weighted by Gasteiger charge is 2.03. The zero-order chi connectivity index (χ0) is 20.0. The summed E-state index contributed by atoms with van der Waals surface area (Å²) in [6.07, 6.45) is 10.7. The van der Waals surface area contributed by atoms with E-state index in [9.17, 15) is 0 Å². The summed E-state index contributed by atoms with van der Waals surface area (Å²) >= 11 is 0. The molecule has 0 spiro atoms. The molecule has 0 amide bonds. The summed E-state index contributed by atoms with van der Waals surface area (Å²) in [7, 11) is 0. The molecular weight excluding hydrogens is 352 g/mol. The Labute approximate surface area is 169 Å². The van der Waals surface area contributed by atoms with Gasteiger partial charge in [0, 0.05) is 26.1 Å². The fourth-order valence-electron chi connectivity index (χ4n) is 3.01. The van der Waals surface area contributed by atoms with Crippen molar-refractivity contribution in [3.8, 4) is 0 Å². The number of unbranched alkanes of at least 4 members (excludes halogenated alkanes) is 3. The number of aliphatic imine (C=N–C) groups is 1. The van der Waals surface area contributed by atoms with Gasteiger partial charge in [-0.2, -0.15) is 0 Å². The van der Waals surface area contributed by atoms with E-state index in [0.29, 0.717) is 6.54 Å². The van der Waals surface area contributed by atoms with Crippen molar-refractivity contribution in [2.75, 3.05) is 13.1 Å². The number of furan rings is 1. The fourth-order valence-corrected chi connectivity index (χ4v) is 3.01. The topological polar surface area (TPSA) is 80.3 Å². The van der Waals surface area contributed by atoms with Gasteiger partial charge in [0.05, 0.1) is 6.26 Å². The predicted octanol–water partition coefficient (Wildman–Crippen LogP) is 3.78. The molecule has 28 heavy (non-hydrogen) atoms. The lowest BCUT2D eigenvalue weighted by atomic mass is 10.0. The van der Waals surface area contributed by atoms with E-state index < -0.39 is 0 Å². The summed E-state index contributed by atoms with van der Waals surface area (Å²) in [5, 5.41) is 15.0. The average molecular weight is 389 g/mol. The summed E-state index contributed by atoms with van der Waals surface area (Å²) in [5.41, 5.74) is 0. The van der Waals surface area contributed by atoms with Gasteiger partial charge in [-0.05, 0) is 24.5 Å². The van der Waals surface area contributed by atoms with Crippen LogP contribution in [0.2, 0.25) is 0 Å². The lowest BCUT2D eigenvalue weighted by molar-refractivity contribution is 0.510. The number of aryl methyl sites for hydroxylation is 1. The van der Waals surface area contributed by atoms with Crippen LogP contribution in [0.5, 0.6) is 0 Å². The summed E-state index contributed by atoms with van der Waals surface area (Å²) in [6, 6.07) is 3.83. The zero-order valence-electron chi connectivity index (χ0n) is 17.7. The first-order valence-electron chi connectivity index (χ1n) is 10.6. The first-order valence-corrected chi connectivity index (χ1v) is 10.6. The minimum absolute atomic E-state index is 0.531. The van der Waals surface area contributed by atoms with Gasteiger partial charge in [-0.1, -0.05) is 46.5 Å². The van der Waals surface area contributed by atoms with Crippen LogP contribution in [-0.2, 0) is 19.5 Å². The molecule has 0 aliphatic carbocycles. The van der Waals surface area contributed by atoms with Crippen LogP contribution in [0.25, 0.3) is 0 Å². The monoisotopic (exact) mass is 388 g/mol. The highest BCUT2D eigenvalue weighted by Crippen LogP contribution is 2.09. The number of hydrogen-bond acceptors (Lipinski definition) is 4. The molecule has 2 rings (SSSR count). The minimum Gasteiger partial charge on any atom is -0.467 e. The molecular formula is C21H36N6O. The largest absolute Gasteiger partial charge is 0.467 e. The third-order valence-corrected chi connectivity index (χ3v) is 4.63. The molecule has 0 aromatic carbocycles. The van der Waals surface area contributed by atoms with Gasteiger partial charge in [-0.15, -0.1) is 10.2 Å². The smallest absolute Gasteiger partial charge is 0.191 e. The summed E-state index contributed by atoms with van der Waals surface area (Å²) in [4.78, 5) is 4.64. The van der Waals surface area contributed by atoms with Crippen LogP contribution in [0.15, 0.2) is 34.1 Å². The number of rotatable bonds is 13. The van der Waals surface area contributed by atoms with Crippen molar-refractivity contribution in [3.05, 3.63) is 36.3 Å². The number of nitrogens with one attached hydrogen (secondary N) is 2. The minimum atomic E-state index is 0.531. The highest BCUT2D eigenvalue weighted by atomic mass is 16.3. The number of aromatic nitrogens is 3. The van der Waals surface area contributed by atoms with Gasteiger partial charge in [0.2, 0.25) is 0 Å². The van der Waals surface area contributed by atoms with Crippen molar-refractivity contribution < 1.29 is 4.42 Å². The maximum Gasteiger partial charge on any atom is 0.191 e. The van der Waals surface area contributed by atoms with Crippen molar-refractivity contribution >= 4 is 5.96 Å². The Morgan fingerprint density at radius 3 is 2.75 bits per heavy atom. The zero-order valence-corrected chi connectivity index (χ0v) is 17.7. The second-order valence-electron chi connectivity index (χ2n) is 7.49. The molecule has 0 unspecified atom stereocenters. The summed E-state index contributed by atoms with van der Waals surface area (Å²) in [5.74, 6) is 3.50. The maximum absolute atomic E-state index is 5.38. The van der Waals surface area contributed by atoms with Crippen LogP contribution in [0.4, 0.5) is 0 Å². The maximum atomic E-state index is 5.38. The van der Waals surface area contributed by atoms with Crippen LogP contribution >= 0.6 is 0 Å². The number of guanidine groups is 1. The Bertz CT molecular complexity index is 662. The molecule has 7 heteroatoms. The molecule has 156 valence electrons. The quantitative estimate of drug-likeness (QED) is 0.310. The first kappa shape index (κ1) is 22.0. The first-order chi connectivity index (χ1) is 13.7. The molecule has 2 heterocycles. The molecule has 0 atom stereocenters. The molecule has 7 nitrogen and oxygen atoms in total. The standard InChI is InChI=1S/C21H36N6O/c1-4-20-26-25-17-27(20)14-13-23-21(24-16-19-11-9-15-28-19)22-12-8-6-5-7-10-18(2)3/h9,11,15,17-18H,4-8,10,12-14,16H2,1-3H3,(H2,22,23,24). The molecule has 0 aliphatic rings. The van der Waals surface area contributed by atoms with Gasteiger partial charge >= 0.3 is 0 Å². The number of nitrogens with zero attached hydrogens (tertiary/aromatic N) is 4. The summed E-state index contributed by atoms with van der Waals surface area (Å²) < 4.78 is 7.46. The molecule has 0 fully saturated rings. The van der Waals surface area contributed by atoms with E-state index in [0.717, 1.165) is 55.9 Å². The normalized spacial score (nSPS) is 11.9. The third kappa shape index (κ3) is 8.59. The van der Waals surface area contributed by atoms with Crippen molar-refractivity contribution in [2.24, 2.45) is 10.9 Å². The lowest BCUT2D eigenvalue weighted by Crippen LogP contribution is -2.39. The van der Waals surface area contributed by atoms with E-state index in [1.807, 2.05) is 12.1 Å². The Kier molecular flexibility index (Phi) is 10.2. The van der Waals surface area contributed by atoms with Gasteiger partial charge in [0.1, 0.15) is 24.5 Å². The molecule has 0 radical (unpaired) electrons. The second kappa shape index (κ2) is 13.0. The van der Waals surface area contributed by atoms with Gasteiger partial charge in [-0.3, -0.25) is 0 Å². The van der Waals surface area contributed by atoms with E-state index >= 15 is 0 Å². The number of hydrogen-bond donors (Lipinski definition) is 2. The van der Waals surface area contributed by atoms with Crippen LogP contribution in [0, 0.1) is 5.92 Å². The molecule has 0 saturated carbocycles. The van der Waals surface area contributed by atoms with Gasteiger partial charge in [0.15, 0.2) is 5.96 Å². The van der Waals surface area contributed by atoms with Crippen LogP contribution < -0.4 is 10.6 Å². The van der Waals surface area contributed by atoms with Gasteiger partial charge < -0.3 is 19.6 Å². The van der Waals surface area contributed by atoms with E-state index in [-0.39, 0.29) is 0 Å². The van der Waals surface area contributed by atoms with Crippen molar-refractivity contribution in [1.82, 2.24) is 25.4 Å². The highest BCUT2D eigenvalue weighted by molar-refractivity contribution is 5.79. The Hall–Kier alpha value is -2.31. The van der Waals surface area contributed by atoms with Crippen molar-refractivity contribution in [1.29, 1.82) is 0 Å². The van der Waals surface area contributed by atoms with Crippen molar-refractivity contribution in [3.63, 3.8) is 0 Å². The molecule has 2 N–H and O–H groups in total. The fraction of sp³-hybridized carbons (Fsp3) is 0.667. The van der Waals surface area contributed by atoms with Gasteiger partial charge in [0.25, 0.3) is 0 Å². The van der Waals surface area contributed by atoms with E-state index in [1.54, 1.807) is 12.6 Å². The Morgan fingerprint density at radius 1 is 1.18 bits per heavy atom. The molecule has 2 aromatic heterocycles. The molecule has 0 aliphatic heterocycles. The van der Waals surface area contributed by atoms with Crippen molar-refractivity contribution in [2.45, 2.75) is 72.4 Å². The van der Waals surface area contributed by atoms with Crippen LogP contribution in [0.3, 0.4) is 0 Å². The molecule has 0 bridgehead atoms. The Morgan fingerprint density at radius 2 is 2.00 bits per heavy atom. The Balaban J connectivity index is 1.74. The lowest BCUT2D eigenvalue weighted by Gasteiger charge is -2.13. The SMILES string of the molecule is CCc1nncn1CCNC(=NCc1ccco1)NCCCCCCC(C)C. The van der Waals surface area contributed by atoms with E-state index in [4.69, 9.17) is 4.42 Å². The average Bonchev–Trinajstić information content (AvgIpc) is 3.36. The van der Waals surface area contributed by atoms with Crippen LogP contribution in [0.1, 0.15) is 64.5 Å². The van der Waals surface area contributed by atoms with E-state index in [2.05, 4.69) is 51.2 Å². The molecule has 0 saturated heterocycles. The second-order valence-corrected chi connectivity index (χ2v) is 7.49.